The number of carbonyl (C=O) groups is 1. The SMILES string of the molecule is O=Cc1ccc(N(c2ccccc2)c2ccccc2)o1. The van der Waals surface area contributed by atoms with Gasteiger partial charge < -0.3 is 4.42 Å². The maximum absolute atomic E-state index is 10.8. The second-order valence-corrected chi connectivity index (χ2v) is 4.30. The molecule has 3 nitrogen and oxygen atoms in total. The summed E-state index contributed by atoms with van der Waals surface area (Å²) in [5.41, 5.74) is 1.95. The first kappa shape index (κ1) is 12.2. The topological polar surface area (TPSA) is 33.5 Å². The molecule has 0 atom stereocenters. The molecule has 0 amide bonds. The Labute approximate surface area is 117 Å². The lowest BCUT2D eigenvalue weighted by Crippen LogP contribution is -2.08. The molecule has 0 aliphatic heterocycles. The highest BCUT2D eigenvalue weighted by Crippen LogP contribution is 2.34. The molecule has 3 rings (SSSR count). The van der Waals surface area contributed by atoms with Crippen molar-refractivity contribution in [3.63, 3.8) is 0 Å². The largest absolute Gasteiger partial charge is 0.437 e. The number of furan rings is 1. The highest BCUT2D eigenvalue weighted by atomic mass is 16.4. The van der Waals surface area contributed by atoms with Gasteiger partial charge in [0.2, 0.25) is 5.88 Å². The molecule has 98 valence electrons. The standard InChI is InChI=1S/C17H13NO2/c19-13-16-11-12-17(20-16)18(14-7-3-1-4-8-14)15-9-5-2-6-10-15/h1-13H. The van der Waals surface area contributed by atoms with E-state index >= 15 is 0 Å². The summed E-state index contributed by atoms with van der Waals surface area (Å²) >= 11 is 0. The molecule has 20 heavy (non-hydrogen) atoms. The number of anilines is 3. The fraction of sp³-hybridized carbons (Fsp3) is 0. The van der Waals surface area contributed by atoms with Crippen LogP contribution in [0.1, 0.15) is 10.6 Å². The number of hydrogen-bond acceptors (Lipinski definition) is 3. The van der Waals surface area contributed by atoms with Gasteiger partial charge in [0.1, 0.15) is 0 Å². The van der Waals surface area contributed by atoms with Crippen LogP contribution in [0.4, 0.5) is 17.3 Å². The number of para-hydroxylation sites is 2. The summed E-state index contributed by atoms with van der Waals surface area (Å²) in [7, 11) is 0. The highest BCUT2D eigenvalue weighted by Gasteiger charge is 2.15. The molecular weight excluding hydrogens is 250 g/mol. The lowest BCUT2D eigenvalue weighted by Gasteiger charge is -2.22. The maximum atomic E-state index is 10.8. The van der Waals surface area contributed by atoms with E-state index in [0.717, 1.165) is 11.4 Å². The summed E-state index contributed by atoms with van der Waals surface area (Å²) in [6, 6.07) is 23.2. The van der Waals surface area contributed by atoms with E-state index < -0.39 is 0 Å². The van der Waals surface area contributed by atoms with Crippen LogP contribution in [0.15, 0.2) is 77.2 Å². The van der Waals surface area contributed by atoms with Crippen molar-refractivity contribution in [2.24, 2.45) is 0 Å². The van der Waals surface area contributed by atoms with Crippen molar-refractivity contribution in [2.75, 3.05) is 4.90 Å². The molecule has 0 unspecified atom stereocenters. The van der Waals surface area contributed by atoms with Gasteiger partial charge in [0, 0.05) is 17.4 Å². The van der Waals surface area contributed by atoms with Crippen molar-refractivity contribution < 1.29 is 9.21 Å². The summed E-state index contributed by atoms with van der Waals surface area (Å²) in [6.07, 6.45) is 0.706. The molecule has 2 aromatic carbocycles. The zero-order valence-electron chi connectivity index (χ0n) is 10.8. The van der Waals surface area contributed by atoms with Gasteiger partial charge in [-0.2, -0.15) is 0 Å². The number of hydrogen-bond donors (Lipinski definition) is 0. The second kappa shape index (κ2) is 5.45. The smallest absolute Gasteiger partial charge is 0.205 e. The molecular formula is C17H13NO2. The average Bonchev–Trinajstić information content (AvgIpc) is 2.98. The van der Waals surface area contributed by atoms with Gasteiger partial charge in [0.15, 0.2) is 12.0 Å². The van der Waals surface area contributed by atoms with Crippen molar-refractivity contribution in [3.8, 4) is 0 Å². The van der Waals surface area contributed by atoms with Crippen LogP contribution in [0.2, 0.25) is 0 Å². The van der Waals surface area contributed by atoms with Crippen LogP contribution in [-0.2, 0) is 0 Å². The predicted octanol–water partition coefficient (Wildman–Crippen LogP) is 4.56. The monoisotopic (exact) mass is 263 g/mol. The molecule has 1 aromatic heterocycles. The number of rotatable bonds is 4. The summed E-state index contributed by atoms with van der Waals surface area (Å²) < 4.78 is 5.56. The van der Waals surface area contributed by atoms with E-state index in [9.17, 15) is 4.79 Å². The average molecular weight is 263 g/mol. The molecule has 0 aliphatic rings. The summed E-state index contributed by atoms with van der Waals surface area (Å²) in [6.45, 7) is 0. The molecule has 0 aliphatic carbocycles. The molecule has 1 heterocycles. The molecule has 0 saturated heterocycles. The van der Waals surface area contributed by atoms with Gasteiger partial charge in [0.05, 0.1) is 0 Å². The Morgan fingerprint density at radius 3 is 1.75 bits per heavy atom. The van der Waals surface area contributed by atoms with Gasteiger partial charge in [-0.3, -0.25) is 9.69 Å². The Balaban J connectivity index is 2.11. The Morgan fingerprint density at radius 1 is 0.750 bits per heavy atom. The third-order valence-electron chi connectivity index (χ3n) is 2.98. The van der Waals surface area contributed by atoms with Gasteiger partial charge in [-0.05, 0) is 30.3 Å². The van der Waals surface area contributed by atoms with Crippen LogP contribution in [0.3, 0.4) is 0 Å². The third kappa shape index (κ3) is 2.34. The first-order valence-corrected chi connectivity index (χ1v) is 6.34. The van der Waals surface area contributed by atoms with Crippen molar-refractivity contribution in [2.45, 2.75) is 0 Å². The van der Waals surface area contributed by atoms with Gasteiger partial charge in [-0.1, -0.05) is 36.4 Å². The van der Waals surface area contributed by atoms with Crippen molar-refractivity contribution in [1.29, 1.82) is 0 Å². The molecule has 0 radical (unpaired) electrons. The quantitative estimate of drug-likeness (QED) is 0.647. The normalized spacial score (nSPS) is 10.2. The molecule has 0 fully saturated rings. The number of benzene rings is 2. The van der Waals surface area contributed by atoms with Crippen LogP contribution in [-0.4, -0.2) is 6.29 Å². The predicted molar refractivity (Wildman–Crippen MR) is 78.8 cm³/mol. The van der Waals surface area contributed by atoms with Crippen molar-refractivity contribution in [1.82, 2.24) is 0 Å². The highest BCUT2D eigenvalue weighted by molar-refractivity contribution is 5.76. The zero-order valence-corrected chi connectivity index (χ0v) is 10.8. The van der Waals surface area contributed by atoms with E-state index in [2.05, 4.69) is 0 Å². The first-order chi connectivity index (χ1) is 9.88. The molecule has 0 spiro atoms. The number of carbonyl (C=O) groups excluding carboxylic acids is 1. The van der Waals surface area contributed by atoms with Crippen LogP contribution in [0, 0.1) is 0 Å². The van der Waals surface area contributed by atoms with E-state index in [1.165, 1.54) is 0 Å². The van der Waals surface area contributed by atoms with Gasteiger partial charge in [-0.25, -0.2) is 0 Å². The Hall–Kier alpha value is -2.81. The minimum atomic E-state index is 0.317. The Kier molecular flexibility index (Phi) is 3.33. The first-order valence-electron chi connectivity index (χ1n) is 6.34. The molecule has 3 heteroatoms. The summed E-state index contributed by atoms with van der Waals surface area (Å²) in [5, 5.41) is 0. The molecule has 3 aromatic rings. The van der Waals surface area contributed by atoms with Crippen molar-refractivity contribution >= 4 is 23.5 Å². The van der Waals surface area contributed by atoms with E-state index in [4.69, 9.17) is 4.42 Å². The fourth-order valence-electron chi connectivity index (χ4n) is 2.08. The minimum Gasteiger partial charge on any atom is -0.437 e. The van der Waals surface area contributed by atoms with Gasteiger partial charge >= 0.3 is 0 Å². The number of aldehydes is 1. The Morgan fingerprint density at radius 2 is 1.30 bits per heavy atom. The third-order valence-corrected chi connectivity index (χ3v) is 2.98. The fourth-order valence-corrected chi connectivity index (χ4v) is 2.08. The van der Waals surface area contributed by atoms with Gasteiger partial charge in [0.25, 0.3) is 0 Å². The maximum Gasteiger partial charge on any atom is 0.205 e. The van der Waals surface area contributed by atoms with Crippen LogP contribution in [0.25, 0.3) is 0 Å². The summed E-state index contributed by atoms with van der Waals surface area (Å²) in [5.74, 6) is 0.932. The van der Waals surface area contributed by atoms with Crippen LogP contribution >= 0.6 is 0 Å². The molecule has 0 N–H and O–H groups in total. The van der Waals surface area contributed by atoms with Crippen LogP contribution < -0.4 is 4.90 Å². The van der Waals surface area contributed by atoms with Crippen LogP contribution in [0.5, 0.6) is 0 Å². The zero-order chi connectivity index (χ0) is 13.8. The lowest BCUT2D eigenvalue weighted by atomic mass is 10.2. The minimum absolute atomic E-state index is 0.317. The lowest BCUT2D eigenvalue weighted by molar-refractivity contribution is 0.110. The van der Waals surface area contributed by atoms with E-state index in [-0.39, 0.29) is 0 Å². The molecule has 0 bridgehead atoms. The Bertz CT molecular complexity index is 650. The van der Waals surface area contributed by atoms with E-state index in [1.807, 2.05) is 65.6 Å². The van der Waals surface area contributed by atoms with E-state index in [1.54, 1.807) is 12.1 Å². The second-order valence-electron chi connectivity index (χ2n) is 4.30. The van der Waals surface area contributed by atoms with Crippen molar-refractivity contribution in [3.05, 3.63) is 78.6 Å². The van der Waals surface area contributed by atoms with Gasteiger partial charge in [-0.15, -0.1) is 0 Å². The number of nitrogens with zero attached hydrogens (tertiary/aromatic N) is 1. The van der Waals surface area contributed by atoms with E-state index in [0.29, 0.717) is 17.9 Å². The summed E-state index contributed by atoms with van der Waals surface area (Å²) in [4.78, 5) is 12.8. The molecule has 0 saturated carbocycles.